The second kappa shape index (κ2) is 8.98. The van der Waals surface area contributed by atoms with E-state index in [1.165, 1.54) is 0 Å². The quantitative estimate of drug-likeness (QED) is 0.377. The monoisotopic (exact) mass is 472 g/mol. The summed E-state index contributed by atoms with van der Waals surface area (Å²) < 4.78 is 6.79. The molecule has 0 bridgehead atoms. The number of ether oxygens (including phenoxy) is 1. The zero-order valence-corrected chi connectivity index (χ0v) is 18.4. The number of aromatic nitrogens is 3. The first-order valence-electron chi connectivity index (χ1n) is 9.08. The molecule has 1 N–H and O–H groups in total. The zero-order valence-electron chi connectivity index (χ0n) is 16.1. The summed E-state index contributed by atoms with van der Waals surface area (Å²) in [7, 11) is 1.59. The first kappa shape index (κ1) is 21.2. The van der Waals surface area contributed by atoms with Gasteiger partial charge in [0.2, 0.25) is 5.82 Å². The molecular weight excluding hydrogens is 459 g/mol. The van der Waals surface area contributed by atoms with Crippen LogP contribution in [0.4, 0.5) is 5.69 Å². The Morgan fingerprint density at radius 1 is 0.968 bits per heavy atom. The summed E-state index contributed by atoms with van der Waals surface area (Å²) in [5, 5.41) is 8.43. The summed E-state index contributed by atoms with van der Waals surface area (Å²) in [6.07, 6.45) is 0. The molecule has 0 aliphatic rings. The topological polar surface area (TPSA) is 69.0 Å². The number of nitrogens with zero attached hydrogens (tertiary/aromatic N) is 3. The van der Waals surface area contributed by atoms with Gasteiger partial charge in [-0.3, -0.25) is 4.79 Å². The van der Waals surface area contributed by atoms with Gasteiger partial charge in [0.1, 0.15) is 5.75 Å². The Morgan fingerprint density at radius 3 is 2.42 bits per heavy atom. The third kappa shape index (κ3) is 4.66. The molecule has 0 aliphatic heterocycles. The summed E-state index contributed by atoms with van der Waals surface area (Å²) in [6.45, 7) is 0. The molecule has 0 atom stereocenters. The molecule has 4 rings (SSSR count). The molecule has 1 aromatic heterocycles. The molecular formula is C22H15Cl3N4O2. The van der Waals surface area contributed by atoms with Crippen LogP contribution in [0, 0.1) is 0 Å². The number of carbonyl (C=O) groups is 1. The van der Waals surface area contributed by atoms with Crippen molar-refractivity contribution in [3.8, 4) is 22.8 Å². The van der Waals surface area contributed by atoms with Gasteiger partial charge in [-0.2, -0.15) is 0 Å². The maximum Gasteiger partial charge on any atom is 0.295 e. The van der Waals surface area contributed by atoms with Crippen molar-refractivity contribution < 1.29 is 9.53 Å². The minimum Gasteiger partial charge on any atom is -0.497 e. The lowest BCUT2D eigenvalue weighted by Crippen LogP contribution is -2.14. The maximum atomic E-state index is 12.8. The van der Waals surface area contributed by atoms with Crippen LogP contribution < -0.4 is 10.1 Å². The number of halogens is 3. The van der Waals surface area contributed by atoms with E-state index in [0.29, 0.717) is 43.6 Å². The highest BCUT2D eigenvalue weighted by Crippen LogP contribution is 2.27. The minimum atomic E-state index is -0.492. The highest BCUT2D eigenvalue weighted by Gasteiger charge is 2.19. The molecule has 9 heteroatoms. The normalized spacial score (nSPS) is 10.7. The number of rotatable bonds is 5. The van der Waals surface area contributed by atoms with Crippen molar-refractivity contribution in [1.82, 2.24) is 14.8 Å². The molecule has 4 aromatic rings. The molecule has 156 valence electrons. The van der Waals surface area contributed by atoms with Crippen LogP contribution in [0.5, 0.6) is 5.75 Å². The lowest BCUT2D eigenvalue weighted by molar-refractivity contribution is 0.101. The van der Waals surface area contributed by atoms with E-state index in [1.54, 1.807) is 60.3 Å². The second-order valence-electron chi connectivity index (χ2n) is 6.46. The van der Waals surface area contributed by atoms with Gasteiger partial charge in [-0.05, 0) is 54.6 Å². The number of hydrogen-bond donors (Lipinski definition) is 1. The van der Waals surface area contributed by atoms with Gasteiger partial charge in [0.15, 0.2) is 5.82 Å². The number of amides is 1. The number of nitrogens with one attached hydrogen (secondary N) is 1. The number of benzene rings is 3. The fourth-order valence-electron chi connectivity index (χ4n) is 2.89. The number of anilines is 1. The summed E-state index contributed by atoms with van der Waals surface area (Å²) in [5.41, 5.74) is 1.89. The van der Waals surface area contributed by atoms with Crippen molar-refractivity contribution in [2.45, 2.75) is 0 Å². The first-order chi connectivity index (χ1) is 14.9. The maximum absolute atomic E-state index is 12.8. The van der Waals surface area contributed by atoms with Crippen molar-refractivity contribution in [1.29, 1.82) is 0 Å². The van der Waals surface area contributed by atoms with Crippen molar-refractivity contribution in [3.05, 3.63) is 87.6 Å². The summed E-state index contributed by atoms with van der Waals surface area (Å²) in [4.78, 5) is 17.3. The molecule has 1 heterocycles. The predicted octanol–water partition coefficient (Wildman–Crippen LogP) is 6.16. The zero-order chi connectivity index (χ0) is 22.0. The average Bonchev–Trinajstić information content (AvgIpc) is 3.22. The molecule has 0 radical (unpaired) electrons. The Labute approximate surface area is 193 Å². The SMILES string of the molecule is COc1ccc(-n2nc(C(=O)Nc3ccc(Cl)c(Cl)c3)nc2-c2cccc(Cl)c2)cc1. The molecule has 0 saturated carbocycles. The van der Waals surface area contributed by atoms with Crippen LogP contribution in [0.3, 0.4) is 0 Å². The van der Waals surface area contributed by atoms with Crippen LogP contribution in [0.15, 0.2) is 66.7 Å². The Kier molecular flexibility index (Phi) is 6.13. The van der Waals surface area contributed by atoms with Gasteiger partial charge >= 0.3 is 0 Å². The van der Waals surface area contributed by atoms with Crippen molar-refractivity contribution >= 4 is 46.4 Å². The summed E-state index contributed by atoms with van der Waals surface area (Å²) in [6, 6.07) is 19.2. The fraction of sp³-hybridized carbons (Fsp3) is 0.0455. The number of methoxy groups -OCH3 is 1. The van der Waals surface area contributed by atoms with Gasteiger partial charge in [-0.25, -0.2) is 9.67 Å². The molecule has 0 fully saturated rings. The van der Waals surface area contributed by atoms with Crippen LogP contribution in [-0.2, 0) is 0 Å². The van der Waals surface area contributed by atoms with Crippen molar-refractivity contribution in [2.24, 2.45) is 0 Å². The standard InChI is InChI=1S/C22H15Cl3N4O2/c1-31-17-8-6-16(7-9-17)29-21(13-3-2-4-14(23)11-13)27-20(28-29)22(30)26-15-5-10-18(24)19(25)12-15/h2-12H,1H3,(H,26,30). The Bertz CT molecular complexity index is 1260. The average molecular weight is 474 g/mol. The van der Waals surface area contributed by atoms with E-state index in [-0.39, 0.29) is 5.82 Å². The van der Waals surface area contributed by atoms with Crippen LogP contribution in [0.2, 0.25) is 15.1 Å². The van der Waals surface area contributed by atoms with Crippen LogP contribution in [0.25, 0.3) is 17.1 Å². The largest absolute Gasteiger partial charge is 0.497 e. The Morgan fingerprint density at radius 2 is 1.74 bits per heavy atom. The highest BCUT2D eigenvalue weighted by atomic mass is 35.5. The Balaban J connectivity index is 1.74. The van der Waals surface area contributed by atoms with Crippen LogP contribution in [-0.4, -0.2) is 27.8 Å². The molecule has 0 aliphatic carbocycles. The Hall–Kier alpha value is -3.06. The highest BCUT2D eigenvalue weighted by molar-refractivity contribution is 6.42. The van der Waals surface area contributed by atoms with E-state index in [9.17, 15) is 4.79 Å². The first-order valence-corrected chi connectivity index (χ1v) is 10.2. The summed E-state index contributed by atoms with van der Waals surface area (Å²) in [5.74, 6) is 0.656. The molecule has 0 saturated heterocycles. The van der Waals surface area contributed by atoms with Gasteiger partial charge in [0, 0.05) is 16.3 Å². The summed E-state index contributed by atoms with van der Waals surface area (Å²) >= 11 is 18.1. The predicted molar refractivity (Wildman–Crippen MR) is 123 cm³/mol. The second-order valence-corrected chi connectivity index (χ2v) is 7.71. The van der Waals surface area contributed by atoms with E-state index < -0.39 is 5.91 Å². The molecule has 1 amide bonds. The van der Waals surface area contributed by atoms with Crippen molar-refractivity contribution in [3.63, 3.8) is 0 Å². The van der Waals surface area contributed by atoms with E-state index in [4.69, 9.17) is 39.5 Å². The van der Waals surface area contributed by atoms with Gasteiger partial charge < -0.3 is 10.1 Å². The molecule has 6 nitrogen and oxygen atoms in total. The molecule has 3 aromatic carbocycles. The number of hydrogen-bond acceptors (Lipinski definition) is 4. The molecule has 31 heavy (non-hydrogen) atoms. The van der Waals surface area contributed by atoms with E-state index in [1.807, 2.05) is 18.2 Å². The lowest BCUT2D eigenvalue weighted by Gasteiger charge is -2.07. The fourth-order valence-corrected chi connectivity index (χ4v) is 3.38. The van der Waals surface area contributed by atoms with E-state index >= 15 is 0 Å². The van der Waals surface area contributed by atoms with Crippen LogP contribution in [0.1, 0.15) is 10.6 Å². The minimum absolute atomic E-state index is 0.0168. The van der Waals surface area contributed by atoms with Gasteiger partial charge in [-0.1, -0.05) is 46.9 Å². The molecule has 0 spiro atoms. The lowest BCUT2D eigenvalue weighted by atomic mass is 10.2. The number of carbonyl (C=O) groups excluding carboxylic acids is 1. The van der Waals surface area contributed by atoms with Gasteiger partial charge in [0.05, 0.1) is 22.8 Å². The smallest absolute Gasteiger partial charge is 0.295 e. The third-order valence-electron chi connectivity index (χ3n) is 4.39. The van der Waals surface area contributed by atoms with Gasteiger partial charge in [-0.15, -0.1) is 5.10 Å². The van der Waals surface area contributed by atoms with E-state index in [0.717, 1.165) is 0 Å². The van der Waals surface area contributed by atoms with Gasteiger partial charge in [0.25, 0.3) is 5.91 Å². The third-order valence-corrected chi connectivity index (χ3v) is 5.36. The van der Waals surface area contributed by atoms with Crippen molar-refractivity contribution in [2.75, 3.05) is 12.4 Å². The van der Waals surface area contributed by atoms with E-state index in [2.05, 4.69) is 15.4 Å². The van der Waals surface area contributed by atoms with Crippen LogP contribution >= 0.6 is 34.8 Å². The molecule has 0 unspecified atom stereocenters.